The maximum Gasteiger partial charge on any atom is 0.148 e. The second-order valence-electron chi connectivity index (χ2n) is 5.34. The fourth-order valence-corrected chi connectivity index (χ4v) is 1.99. The fourth-order valence-electron chi connectivity index (χ4n) is 1.99. The first kappa shape index (κ1) is 14.5. The number of aryl methyl sites for hydroxylation is 1. The molecule has 3 nitrogen and oxygen atoms in total. The summed E-state index contributed by atoms with van der Waals surface area (Å²) in [5.74, 6) is 0.316. The van der Waals surface area contributed by atoms with E-state index in [1.807, 2.05) is 17.7 Å². The van der Waals surface area contributed by atoms with Crippen molar-refractivity contribution < 1.29 is 8.78 Å². The number of halogens is 2. The van der Waals surface area contributed by atoms with Crippen molar-refractivity contribution in [3.05, 3.63) is 47.2 Å². The molecule has 1 heterocycles. The third kappa shape index (κ3) is 3.56. The number of nitrogens with one attached hydrogen (secondary N) is 1. The minimum atomic E-state index is -0.440. The quantitative estimate of drug-likeness (QED) is 0.903. The van der Waals surface area contributed by atoms with E-state index in [0.29, 0.717) is 17.3 Å². The Hall–Kier alpha value is -1.91. The lowest BCUT2D eigenvalue weighted by atomic mass is 10.2. The molecule has 20 heavy (non-hydrogen) atoms. The smallest absolute Gasteiger partial charge is 0.148 e. The standard InChI is InChI=1S/C15H19F2N3/c1-10(2)9-20-11(3)6-15(19-20)18-8-12-7-13(16)4-5-14(12)17/h4-7,10H,8-9H2,1-3H3,(H,18,19). The predicted molar refractivity (Wildman–Crippen MR) is 75.5 cm³/mol. The highest BCUT2D eigenvalue weighted by Gasteiger charge is 2.08. The van der Waals surface area contributed by atoms with Crippen LogP contribution in [0, 0.1) is 24.5 Å². The summed E-state index contributed by atoms with van der Waals surface area (Å²) in [6.45, 7) is 7.26. The van der Waals surface area contributed by atoms with Crippen LogP contribution in [0.2, 0.25) is 0 Å². The number of hydrogen-bond acceptors (Lipinski definition) is 2. The molecule has 0 bridgehead atoms. The molecule has 0 amide bonds. The minimum Gasteiger partial charge on any atom is -0.364 e. The lowest BCUT2D eigenvalue weighted by Gasteiger charge is -2.07. The number of rotatable bonds is 5. The first-order chi connectivity index (χ1) is 9.45. The highest BCUT2D eigenvalue weighted by atomic mass is 19.1. The zero-order valence-electron chi connectivity index (χ0n) is 12.0. The largest absolute Gasteiger partial charge is 0.364 e. The lowest BCUT2D eigenvalue weighted by Crippen LogP contribution is -2.08. The minimum absolute atomic E-state index is 0.210. The molecular formula is C15H19F2N3. The molecule has 0 aliphatic heterocycles. The van der Waals surface area contributed by atoms with Gasteiger partial charge in [-0.1, -0.05) is 13.8 Å². The van der Waals surface area contributed by atoms with Gasteiger partial charge in [-0.2, -0.15) is 5.10 Å². The van der Waals surface area contributed by atoms with E-state index in [0.717, 1.165) is 24.4 Å². The number of benzene rings is 1. The van der Waals surface area contributed by atoms with Gasteiger partial charge in [0.15, 0.2) is 0 Å². The van der Waals surface area contributed by atoms with E-state index < -0.39 is 11.6 Å². The van der Waals surface area contributed by atoms with Crippen molar-refractivity contribution in [2.24, 2.45) is 5.92 Å². The predicted octanol–water partition coefficient (Wildman–Crippen LogP) is 3.74. The molecule has 0 aliphatic rings. The van der Waals surface area contributed by atoms with Crippen molar-refractivity contribution in [3.8, 4) is 0 Å². The van der Waals surface area contributed by atoms with E-state index in [2.05, 4.69) is 24.3 Å². The molecule has 2 aromatic rings. The Morgan fingerprint density at radius 3 is 2.70 bits per heavy atom. The molecule has 0 radical (unpaired) electrons. The zero-order chi connectivity index (χ0) is 14.7. The first-order valence-corrected chi connectivity index (χ1v) is 6.68. The lowest BCUT2D eigenvalue weighted by molar-refractivity contribution is 0.475. The molecule has 1 aromatic carbocycles. The van der Waals surface area contributed by atoms with Crippen LogP contribution in [0.4, 0.5) is 14.6 Å². The van der Waals surface area contributed by atoms with Crippen molar-refractivity contribution in [1.82, 2.24) is 9.78 Å². The van der Waals surface area contributed by atoms with Crippen molar-refractivity contribution in [2.75, 3.05) is 5.32 Å². The Bertz CT molecular complexity index is 591. The molecule has 0 saturated heterocycles. The van der Waals surface area contributed by atoms with Crippen molar-refractivity contribution >= 4 is 5.82 Å². The highest BCUT2D eigenvalue weighted by molar-refractivity contribution is 5.37. The summed E-state index contributed by atoms with van der Waals surface area (Å²) < 4.78 is 28.5. The van der Waals surface area contributed by atoms with E-state index in [1.165, 1.54) is 6.07 Å². The van der Waals surface area contributed by atoms with Gasteiger partial charge in [0, 0.05) is 30.4 Å². The number of nitrogens with zero attached hydrogens (tertiary/aromatic N) is 2. The number of aromatic nitrogens is 2. The summed E-state index contributed by atoms with van der Waals surface area (Å²) in [5, 5.41) is 7.43. The Morgan fingerprint density at radius 1 is 1.25 bits per heavy atom. The van der Waals surface area contributed by atoms with Crippen LogP contribution in [0.15, 0.2) is 24.3 Å². The second-order valence-corrected chi connectivity index (χ2v) is 5.34. The number of anilines is 1. The highest BCUT2D eigenvalue weighted by Crippen LogP contribution is 2.14. The number of hydrogen-bond donors (Lipinski definition) is 1. The molecule has 0 fully saturated rings. The normalized spacial score (nSPS) is 11.1. The monoisotopic (exact) mass is 279 g/mol. The summed E-state index contributed by atoms with van der Waals surface area (Å²) in [6, 6.07) is 5.34. The SMILES string of the molecule is Cc1cc(NCc2cc(F)ccc2F)nn1CC(C)C. The Morgan fingerprint density at radius 2 is 2.00 bits per heavy atom. The first-order valence-electron chi connectivity index (χ1n) is 6.68. The molecule has 0 aliphatic carbocycles. The maximum absolute atomic E-state index is 13.5. The van der Waals surface area contributed by atoms with Crippen LogP contribution < -0.4 is 5.32 Å². The van der Waals surface area contributed by atoms with Gasteiger partial charge in [0.05, 0.1) is 0 Å². The van der Waals surface area contributed by atoms with E-state index in [9.17, 15) is 8.78 Å². The van der Waals surface area contributed by atoms with Crippen molar-refractivity contribution in [2.45, 2.75) is 33.9 Å². The molecule has 2 rings (SSSR count). The van der Waals surface area contributed by atoms with Gasteiger partial charge in [-0.15, -0.1) is 0 Å². The summed E-state index contributed by atoms with van der Waals surface area (Å²) in [6.07, 6.45) is 0. The third-order valence-corrected chi connectivity index (χ3v) is 2.99. The average molecular weight is 279 g/mol. The Balaban J connectivity index is 2.05. The van der Waals surface area contributed by atoms with Gasteiger partial charge in [0.25, 0.3) is 0 Å². The van der Waals surface area contributed by atoms with Crippen LogP contribution in [0.3, 0.4) is 0 Å². The van der Waals surface area contributed by atoms with Crippen LogP contribution in [0.1, 0.15) is 25.1 Å². The van der Waals surface area contributed by atoms with Gasteiger partial charge in [-0.05, 0) is 31.0 Å². The third-order valence-electron chi connectivity index (χ3n) is 2.99. The maximum atomic E-state index is 13.5. The molecule has 0 atom stereocenters. The van der Waals surface area contributed by atoms with Gasteiger partial charge in [-0.25, -0.2) is 8.78 Å². The molecule has 108 valence electrons. The second kappa shape index (κ2) is 6.03. The topological polar surface area (TPSA) is 29.9 Å². The molecule has 5 heteroatoms. The zero-order valence-corrected chi connectivity index (χ0v) is 12.0. The summed E-state index contributed by atoms with van der Waals surface area (Å²) in [5.41, 5.74) is 1.34. The molecule has 1 aromatic heterocycles. The van der Waals surface area contributed by atoms with Gasteiger partial charge >= 0.3 is 0 Å². The van der Waals surface area contributed by atoms with Crippen LogP contribution in [0.25, 0.3) is 0 Å². The van der Waals surface area contributed by atoms with Gasteiger partial charge in [-0.3, -0.25) is 4.68 Å². The molecular weight excluding hydrogens is 260 g/mol. The van der Waals surface area contributed by atoms with Crippen LogP contribution in [0.5, 0.6) is 0 Å². The molecule has 1 N–H and O–H groups in total. The van der Waals surface area contributed by atoms with Gasteiger partial charge in [0.2, 0.25) is 0 Å². The Labute approximate surface area is 117 Å². The van der Waals surface area contributed by atoms with Crippen molar-refractivity contribution in [3.63, 3.8) is 0 Å². The van der Waals surface area contributed by atoms with Gasteiger partial charge in [0.1, 0.15) is 17.5 Å². The van der Waals surface area contributed by atoms with Crippen LogP contribution in [-0.4, -0.2) is 9.78 Å². The van der Waals surface area contributed by atoms with Crippen molar-refractivity contribution in [1.29, 1.82) is 0 Å². The average Bonchev–Trinajstić information content (AvgIpc) is 2.70. The Kier molecular flexibility index (Phi) is 4.37. The van der Waals surface area contributed by atoms with E-state index in [-0.39, 0.29) is 6.54 Å². The molecule has 0 spiro atoms. The van der Waals surface area contributed by atoms with Gasteiger partial charge < -0.3 is 5.32 Å². The van der Waals surface area contributed by atoms with Crippen LogP contribution >= 0.6 is 0 Å². The van der Waals surface area contributed by atoms with E-state index in [1.54, 1.807) is 0 Å². The summed E-state index contributed by atoms with van der Waals surface area (Å²) >= 11 is 0. The summed E-state index contributed by atoms with van der Waals surface area (Å²) in [7, 11) is 0. The fraction of sp³-hybridized carbons (Fsp3) is 0.400. The molecule has 0 unspecified atom stereocenters. The molecule has 0 saturated carbocycles. The van der Waals surface area contributed by atoms with E-state index >= 15 is 0 Å². The van der Waals surface area contributed by atoms with Crippen LogP contribution in [-0.2, 0) is 13.1 Å². The summed E-state index contributed by atoms with van der Waals surface area (Å²) in [4.78, 5) is 0. The van der Waals surface area contributed by atoms with E-state index in [4.69, 9.17) is 0 Å².